The van der Waals surface area contributed by atoms with Crippen molar-refractivity contribution >= 4 is 34.2 Å². The summed E-state index contributed by atoms with van der Waals surface area (Å²) in [5.41, 5.74) is 1.34. The molecule has 0 heterocycles. The molecule has 0 fully saturated rings. The summed E-state index contributed by atoms with van der Waals surface area (Å²) in [5.74, 6) is 0. The lowest BCUT2D eigenvalue weighted by Crippen LogP contribution is -2.15. The van der Waals surface area contributed by atoms with Gasteiger partial charge in [0.1, 0.15) is 0 Å². The Morgan fingerprint density at radius 3 is 2.60 bits per heavy atom. The lowest BCUT2D eigenvalue weighted by molar-refractivity contribution is 0.619. The van der Waals surface area contributed by atoms with E-state index in [0.717, 1.165) is 25.9 Å². The fraction of sp³-hybridized carbons (Fsp3) is 0.500. The molecule has 3 heteroatoms. The SMILES string of the molecule is CC(Cl)CCCNCc1ccc(I)cc1. The van der Waals surface area contributed by atoms with E-state index in [9.17, 15) is 0 Å². The first-order valence-corrected chi connectivity index (χ1v) is 6.79. The Kier molecular flexibility index (Phi) is 6.61. The molecule has 0 saturated carbocycles. The number of benzene rings is 1. The third-order valence-electron chi connectivity index (χ3n) is 2.20. The van der Waals surface area contributed by atoms with Gasteiger partial charge < -0.3 is 5.32 Å². The van der Waals surface area contributed by atoms with E-state index in [1.165, 1.54) is 9.13 Å². The molecule has 0 radical (unpaired) electrons. The van der Waals surface area contributed by atoms with Gasteiger partial charge in [0.25, 0.3) is 0 Å². The fourth-order valence-corrected chi connectivity index (χ4v) is 1.86. The van der Waals surface area contributed by atoms with Gasteiger partial charge in [-0.2, -0.15) is 0 Å². The maximum absolute atomic E-state index is 5.86. The number of rotatable bonds is 6. The van der Waals surface area contributed by atoms with Crippen molar-refractivity contribution in [3.63, 3.8) is 0 Å². The zero-order chi connectivity index (χ0) is 11.1. The van der Waals surface area contributed by atoms with Crippen LogP contribution in [0.5, 0.6) is 0 Å². The largest absolute Gasteiger partial charge is 0.313 e. The summed E-state index contributed by atoms with van der Waals surface area (Å²) in [6.07, 6.45) is 2.23. The van der Waals surface area contributed by atoms with Gasteiger partial charge in [-0.25, -0.2) is 0 Å². The van der Waals surface area contributed by atoms with E-state index >= 15 is 0 Å². The zero-order valence-corrected chi connectivity index (χ0v) is 11.9. The molecule has 0 bridgehead atoms. The Balaban J connectivity index is 2.12. The van der Waals surface area contributed by atoms with Gasteiger partial charge in [0.2, 0.25) is 0 Å². The molecular weight excluding hydrogens is 320 g/mol. The van der Waals surface area contributed by atoms with Crippen molar-refractivity contribution in [2.75, 3.05) is 6.54 Å². The highest BCUT2D eigenvalue weighted by atomic mass is 127. The molecule has 1 unspecified atom stereocenters. The smallest absolute Gasteiger partial charge is 0.0308 e. The minimum absolute atomic E-state index is 0.296. The quantitative estimate of drug-likeness (QED) is 0.473. The maximum atomic E-state index is 5.86. The number of hydrogen-bond donors (Lipinski definition) is 1. The minimum atomic E-state index is 0.296. The molecule has 0 aliphatic rings. The third-order valence-corrected chi connectivity index (χ3v) is 3.14. The van der Waals surface area contributed by atoms with Crippen molar-refractivity contribution in [2.45, 2.75) is 31.7 Å². The summed E-state index contributed by atoms with van der Waals surface area (Å²) < 4.78 is 1.28. The van der Waals surface area contributed by atoms with Crippen LogP contribution in [0, 0.1) is 3.57 Å². The van der Waals surface area contributed by atoms with Crippen LogP contribution < -0.4 is 5.32 Å². The van der Waals surface area contributed by atoms with E-state index < -0.39 is 0 Å². The van der Waals surface area contributed by atoms with E-state index in [1.807, 2.05) is 6.92 Å². The molecule has 0 aromatic heterocycles. The van der Waals surface area contributed by atoms with Crippen LogP contribution in [-0.4, -0.2) is 11.9 Å². The van der Waals surface area contributed by atoms with Crippen LogP contribution in [0.15, 0.2) is 24.3 Å². The van der Waals surface area contributed by atoms with Gasteiger partial charge in [0.15, 0.2) is 0 Å². The zero-order valence-electron chi connectivity index (χ0n) is 8.97. The average Bonchev–Trinajstić information content (AvgIpc) is 2.20. The predicted molar refractivity (Wildman–Crippen MR) is 75.4 cm³/mol. The Morgan fingerprint density at radius 1 is 1.33 bits per heavy atom. The van der Waals surface area contributed by atoms with Crippen molar-refractivity contribution in [1.29, 1.82) is 0 Å². The molecule has 0 amide bonds. The number of halogens is 2. The normalized spacial score (nSPS) is 12.7. The molecule has 0 saturated heterocycles. The molecule has 1 aromatic rings. The molecule has 0 spiro atoms. The summed E-state index contributed by atoms with van der Waals surface area (Å²) in [6, 6.07) is 8.61. The van der Waals surface area contributed by atoms with Crippen molar-refractivity contribution in [3.05, 3.63) is 33.4 Å². The highest BCUT2D eigenvalue weighted by Crippen LogP contribution is 2.06. The first kappa shape index (κ1) is 13.3. The molecule has 1 N–H and O–H groups in total. The van der Waals surface area contributed by atoms with Crippen molar-refractivity contribution in [1.82, 2.24) is 5.32 Å². The first-order valence-electron chi connectivity index (χ1n) is 5.27. The van der Waals surface area contributed by atoms with Gasteiger partial charge in [-0.3, -0.25) is 0 Å². The number of nitrogens with one attached hydrogen (secondary N) is 1. The van der Waals surface area contributed by atoms with Crippen LogP contribution in [0.3, 0.4) is 0 Å². The van der Waals surface area contributed by atoms with Crippen LogP contribution in [0.25, 0.3) is 0 Å². The predicted octanol–water partition coefficient (Wildman–Crippen LogP) is 3.79. The van der Waals surface area contributed by atoms with Crippen molar-refractivity contribution in [3.8, 4) is 0 Å². The van der Waals surface area contributed by atoms with Crippen molar-refractivity contribution in [2.24, 2.45) is 0 Å². The standard InChI is InChI=1S/C12H17ClIN/c1-10(13)3-2-8-15-9-11-4-6-12(14)7-5-11/h4-7,10,15H,2-3,8-9H2,1H3. The number of hydrogen-bond acceptors (Lipinski definition) is 1. The molecule has 1 aromatic carbocycles. The summed E-state index contributed by atoms with van der Waals surface area (Å²) in [4.78, 5) is 0. The van der Waals surface area contributed by atoms with Crippen LogP contribution in [0.4, 0.5) is 0 Å². The van der Waals surface area contributed by atoms with Gasteiger partial charge in [0, 0.05) is 15.5 Å². The molecule has 1 rings (SSSR count). The highest BCUT2D eigenvalue weighted by molar-refractivity contribution is 14.1. The summed E-state index contributed by atoms with van der Waals surface area (Å²) >= 11 is 8.18. The molecule has 0 aliphatic heterocycles. The first-order chi connectivity index (χ1) is 7.18. The molecular formula is C12H17ClIN. The van der Waals surface area contributed by atoms with Gasteiger partial charge in [0.05, 0.1) is 0 Å². The Morgan fingerprint density at radius 2 is 2.00 bits per heavy atom. The summed E-state index contributed by atoms with van der Waals surface area (Å²) in [6.45, 7) is 4.04. The average molecular weight is 338 g/mol. The van der Waals surface area contributed by atoms with Crippen LogP contribution in [0.1, 0.15) is 25.3 Å². The second-order valence-electron chi connectivity index (χ2n) is 3.73. The second kappa shape index (κ2) is 7.47. The Hall–Kier alpha value is 0.200. The number of alkyl halides is 1. The van der Waals surface area contributed by atoms with Crippen LogP contribution >= 0.6 is 34.2 Å². The molecule has 84 valence electrons. The van der Waals surface area contributed by atoms with E-state index in [4.69, 9.17) is 11.6 Å². The van der Waals surface area contributed by atoms with Gasteiger partial charge in [-0.1, -0.05) is 12.1 Å². The summed E-state index contributed by atoms with van der Waals surface area (Å²) in [5, 5.41) is 3.71. The second-order valence-corrected chi connectivity index (χ2v) is 5.72. The molecule has 15 heavy (non-hydrogen) atoms. The van der Waals surface area contributed by atoms with Crippen LogP contribution in [-0.2, 0) is 6.54 Å². The van der Waals surface area contributed by atoms with Gasteiger partial charge in [-0.05, 0) is 66.6 Å². The van der Waals surface area contributed by atoms with Gasteiger partial charge >= 0.3 is 0 Å². The maximum Gasteiger partial charge on any atom is 0.0308 e. The highest BCUT2D eigenvalue weighted by Gasteiger charge is 1.96. The van der Waals surface area contributed by atoms with Crippen molar-refractivity contribution < 1.29 is 0 Å². The van der Waals surface area contributed by atoms with Crippen LogP contribution in [0.2, 0.25) is 0 Å². The Bertz CT molecular complexity index is 271. The minimum Gasteiger partial charge on any atom is -0.313 e. The molecule has 1 atom stereocenters. The third kappa shape index (κ3) is 6.38. The van der Waals surface area contributed by atoms with Gasteiger partial charge in [-0.15, -0.1) is 11.6 Å². The molecule has 1 nitrogen and oxygen atoms in total. The van der Waals surface area contributed by atoms with E-state index in [0.29, 0.717) is 5.38 Å². The summed E-state index contributed by atoms with van der Waals surface area (Å²) in [7, 11) is 0. The van der Waals surface area contributed by atoms with E-state index in [2.05, 4.69) is 52.2 Å². The fourth-order valence-electron chi connectivity index (χ4n) is 1.34. The Labute approximate surface area is 111 Å². The molecule has 0 aliphatic carbocycles. The van der Waals surface area contributed by atoms with E-state index in [-0.39, 0.29) is 0 Å². The topological polar surface area (TPSA) is 12.0 Å². The van der Waals surface area contributed by atoms with E-state index in [1.54, 1.807) is 0 Å². The lowest BCUT2D eigenvalue weighted by Gasteiger charge is -2.05. The monoisotopic (exact) mass is 337 g/mol. The lowest BCUT2D eigenvalue weighted by atomic mass is 10.2.